The molecule has 1 amide bonds. The minimum absolute atomic E-state index is 0.0396. The first kappa shape index (κ1) is 11.7. The molecule has 0 radical (unpaired) electrons. The fourth-order valence-electron chi connectivity index (χ4n) is 0.778. The van der Waals surface area contributed by atoms with Crippen molar-refractivity contribution in [2.45, 2.75) is 25.3 Å². The predicted molar refractivity (Wildman–Crippen MR) is 51.7 cm³/mol. The second kappa shape index (κ2) is 4.66. The zero-order chi connectivity index (χ0) is 10.5. The summed E-state index contributed by atoms with van der Waals surface area (Å²) in [6.45, 7) is 2.05. The van der Waals surface area contributed by atoms with Gasteiger partial charge in [0.05, 0.1) is 5.54 Å². The largest absolute Gasteiger partial charge is 0.370 e. The van der Waals surface area contributed by atoms with Crippen molar-refractivity contribution in [3.05, 3.63) is 0 Å². The van der Waals surface area contributed by atoms with Gasteiger partial charge in [-0.05, 0) is 19.8 Å². The van der Waals surface area contributed by atoms with E-state index in [4.69, 9.17) is 22.9 Å². The Kier molecular flexibility index (Phi) is 4.19. The molecule has 0 aromatic rings. The van der Waals surface area contributed by atoms with Crippen LogP contribution >= 0.6 is 0 Å². The molecule has 6 nitrogen and oxygen atoms in total. The fraction of sp³-hybridized carbons (Fsp3) is 0.714. The first-order valence-electron chi connectivity index (χ1n) is 4.00. The number of hydrogen-bond acceptors (Lipinski definition) is 3. The van der Waals surface area contributed by atoms with Crippen molar-refractivity contribution in [3.8, 4) is 0 Å². The Morgan fingerprint density at radius 2 is 1.92 bits per heavy atom. The van der Waals surface area contributed by atoms with Crippen LogP contribution in [-0.4, -0.2) is 24.0 Å². The number of rotatable bonds is 5. The normalized spacial score (nSPS) is 14.6. The van der Waals surface area contributed by atoms with E-state index in [-0.39, 0.29) is 5.96 Å². The van der Waals surface area contributed by atoms with Gasteiger partial charge in [0.15, 0.2) is 5.96 Å². The van der Waals surface area contributed by atoms with E-state index in [0.717, 1.165) is 0 Å². The zero-order valence-corrected chi connectivity index (χ0v) is 7.79. The molecule has 76 valence electrons. The Balaban J connectivity index is 3.77. The number of aliphatic imine (C=N–C) groups is 1. The number of guanidine groups is 1. The number of hydrogen-bond donors (Lipinski definition) is 4. The van der Waals surface area contributed by atoms with Crippen LogP contribution in [0, 0.1) is 0 Å². The number of amides is 1. The summed E-state index contributed by atoms with van der Waals surface area (Å²) in [6, 6.07) is 0. The van der Waals surface area contributed by atoms with Gasteiger partial charge >= 0.3 is 0 Å². The molecule has 6 heteroatoms. The van der Waals surface area contributed by atoms with E-state index < -0.39 is 11.4 Å². The van der Waals surface area contributed by atoms with E-state index in [1.54, 1.807) is 6.92 Å². The van der Waals surface area contributed by atoms with Crippen LogP contribution in [0.4, 0.5) is 0 Å². The van der Waals surface area contributed by atoms with Gasteiger partial charge in [-0.2, -0.15) is 0 Å². The molecule has 0 spiro atoms. The van der Waals surface area contributed by atoms with Crippen LogP contribution in [0.3, 0.4) is 0 Å². The molecule has 0 aromatic heterocycles. The first-order valence-corrected chi connectivity index (χ1v) is 4.00. The quantitative estimate of drug-likeness (QED) is 0.230. The van der Waals surface area contributed by atoms with Crippen LogP contribution in [0.5, 0.6) is 0 Å². The molecule has 0 aromatic carbocycles. The van der Waals surface area contributed by atoms with Crippen molar-refractivity contribution >= 4 is 11.9 Å². The van der Waals surface area contributed by atoms with Gasteiger partial charge < -0.3 is 22.9 Å². The highest BCUT2D eigenvalue weighted by Gasteiger charge is 2.24. The Labute approximate surface area is 77.3 Å². The van der Waals surface area contributed by atoms with Gasteiger partial charge in [-0.3, -0.25) is 9.79 Å². The Hall–Kier alpha value is -1.30. The number of nitrogens with two attached hydrogens (primary N) is 4. The molecule has 0 aliphatic heterocycles. The molecule has 1 atom stereocenters. The van der Waals surface area contributed by atoms with Crippen molar-refractivity contribution in [1.29, 1.82) is 0 Å². The van der Waals surface area contributed by atoms with Gasteiger partial charge in [-0.15, -0.1) is 0 Å². The molecule has 0 rings (SSSR count). The minimum atomic E-state index is -0.973. The molecule has 8 N–H and O–H groups in total. The summed E-state index contributed by atoms with van der Waals surface area (Å²) < 4.78 is 0. The highest BCUT2D eigenvalue weighted by atomic mass is 16.1. The van der Waals surface area contributed by atoms with E-state index in [1.807, 2.05) is 0 Å². The first-order chi connectivity index (χ1) is 5.86. The lowest BCUT2D eigenvalue weighted by Gasteiger charge is -2.19. The molecular formula is C7H17N5O. The minimum Gasteiger partial charge on any atom is -0.370 e. The van der Waals surface area contributed by atoms with Crippen molar-refractivity contribution in [3.63, 3.8) is 0 Å². The molecule has 0 saturated carbocycles. The standard InChI is InChI=1S/C7H17N5O/c1-7(11,5(8)13)3-2-4-12-6(9)10/h2-4,11H2,1H3,(H2,8,13)(H4,9,10,12)/t7-/m0/s1. The van der Waals surface area contributed by atoms with Gasteiger partial charge in [-0.25, -0.2) is 0 Å². The molecule has 0 heterocycles. The molecule has 0 bridgehead atoms. The smallest absolute Gasteiger partial charge is 0.237 e. The summed E-state index contributed by atoms with van der Waals surface area (Å²) in [5.74, 6) is -0.477. The van der Waals surface area contributed by atoms with Crippen molar-refractivity contribution in [2.75, 3.05) is 6.54 Å². The monoisotopic (exact) mass is 187 g/mol. The lowest BCUT2D eigenvalue weighted by Crippen LogP contribution is -2.49. The van der Waals surface area contributed by atoms with E-state index in [9.17, 15) is 4.79 Å². The Morgan fingerprint density at radius 3 is 2.31 bits per heavy atom. The molecular weight excluding hydrogens is 170 g/mol. The molecule has 13 heavy (non-hydrogen) atoms. The second-order valence-electron chi connectivity index (χ2n) is 3.19. The lowest BCUT2D eigenvalue weighted by atomic mass is 9.97. The lowest BCUT2D eigenvalue weighted by molar-refractivity contribution is -0.122. The van der Waals surface area contributed by atoms with E-state index in [2.05, 4.69) is 4.99 Å². The Morgan fingerprint density at radius 1 is 1.38 bits per heavy atom. The number of primary amides is 1. The van der Waals surface area contributed by atoms with E-state index in [0.29, 0.717) is 19.4 Å². The molecule has 0 fully saturated rings. The summed E-state index contributed by atoms with van der Waals surface area (Å²) in [7, 11) is 0. The fourth-order valence-corrected chi connectivity index (χ4v) is 0.778. The van der Waals surface area contributed by atoms with Gasteiger partial charge in [0.25, 0.3) is 0 Å². The van der Waals surface area contributed by atoms with Crippen LogP contribution in [0.2, 0.25) is 0 Å². The van der Waals surface area contributed by atoms with E-state index in [1.165, 1.54) is 0 Å². The predicted octanol–water partition coefficient (Wildman–Crippen LogP) is -1.76. The van der Waals surface area contributed by atoms with Crippen LogP contribution in [0.1, 0.15) is 19.8 Å². The molecule has 0 aliphatic carbocycles. The summed E-state index contributed by atoms with van der Waals surface area (Å²) in [6.07, 6.45) is 1.10. The van der Waals surface area contributed by atoms with Gasteiger partial charge in [-0.1, -0.05) is 0 Å². The molecule has 0 unspecified atom stereocenters. The van der Waals surface area contributed by atoms with Crippen molar-refractivity contribution in [1.82, 2.24) is 0 Å². The Bertz CT molecular complexity index is 207. The van der Waals surface area contributed by atoms with Gasteiger partial charge in [0.1, 0.15) is 0 Å². The van der Waals surface area contributed by atoms with Crippen LogP contribution in [-0.2, 0) is 4.79 Å². The van der Waals surface area contributed by atoms with Gasteiger partial charge in [0.2, 0.25) is 5.91 Å². The highest BCUT2D eigenvalue weighted by molar-refractivity contribution is 5.83. The molecule has 0 aliphatic rings. The summed E-state index contributed by atoms with van der Waals surface area (Å²) in [5, 5.41) is 0. The number of nitrogens with zero attached hydrogens (tertiary/aromatic N) is 1. The van der Waals surface area contributed by atoms with Crippen LogP contribution in [0.15, 0.2) is 4.99 Å². The zero-order valence-electron chi connectivity index (χ0n) is 7.79. The van der Waals surface area contributed by atoms with Gasteiger partial charge in [0, 0.05) is 6.54 Å². The van der Waals surface area contributed by atoms with E-state index >= 15 is 0 Å². The topological polar surface area (TPSA) is 134 Å². The summed E-state index contributed by atoms with van der Waals surface area (Å²) in [4.78, 5) is 14.5. The number of carbonyl (C=O) groups excluding carboxylic acids is 1. The highest BCUT2D eigenvalue weighted by Crippen LogP contribution is 2.07. The SMILES string of the molecule is C[C@](N)(CCCN=C(N)N)C(N)=O. The van der Waals surface area contributed by atoms with Crippen molar-refractivity contribution < 1.29 is 4.79 Å². The third-order valence-corrected chi connectivity index (χ3v) is 1.71. The maximum Gasteiger partial charge on any atom is 0.237 e. The third kappa shape index (κ3) is 5.02. The average Bonchev–Trinajstić information content (AvgIpc) is 1.97. The summed E-state index contributed by atoms with van der Waals surface area (Å²) >= 11 is 0. The molecule has 0 saturated heterocycles. The maximum atomic E-state index is 10.8. The third-order valence-electron chi connectivity index (χ3n) is 1.71. The summed E-state index contributed by atoms with van der Waals surface area (Å²) in [5.41, 5.74) is 19.9. The van der Waals surface area contributed by atoms with Crippen molar-refractivity contribution in [2.24, 2.45) is 27.9 Å². The second-order valence-corrected chi connectivity index (χ2v) is 3.19. The maximum absolute atomic E-state index is 10.8. The number of carbonyl (C=O) groups is 1. The van der Waals surface area contributed by atoms with Crippen LogP contribution < -0.4 is 22.9 Å². The average molecular weight is 187 g/mol. The van der Waals surface area contributed by atoms with Crippen LogP contribution in [0.25, 0.3) is 0 Å².